The second-order valence-corrected chi connectivity index (χ2v) is 6.81. The van der Waals surface area contributed by atoms with Crippen LogP contribution in [0.3, 0.4) is 0 Å². The number of hydrogen-bond donors (Lipinski definition) is 2. The predicted molar refractivity (Wildman–Crippen MR) is 93.5 cm³/mol. The van der Waals surface area contributed by atoms with E-state index in [0.717, 1.165) is 25.9 Å². The van der Waals surface area contributed by atoms with Gasteiger partial charge in [0.25, 0.3) is 5.91 Å². The number of nitrogens with zero attached hydrogens (tertiary/aromatic N) is 1. The number of rotatable bonds is 4. The van der Waals surface area contributed by atoms with Gasteiger partial charge in [0.05, 0.1) is 0 Å². The highest BCUT2D eigenvalue weighted by atomic mass is 16.2. The van der Waals surface area contributed by atoms with Crippen LogP contribution in [0.1, 0.15) is 46.9 Å². The first kappa shape index (κ1) is 16.5. The zero-order valence-electron chi connectivity index (χ0n) is 13.9. The van der Waals surface area contributed by atoms with Gasteiger partial charge in [0.15, 0.2) is 0 Å². The highest BCUT2D eigenvalue weighted by molar-refractivity contribution is 6.06. The molecule has 1 aromatic rings. The number of urea groups is 1. The fourth-order valence-electron chi connectivity index (χ4n) is 3.46. The van der Waals surface area contributed by atoms with E-state index in [2.05, 4.69) is 34.9 Å². The fourth-order valence-corrected chi connectivity index (χ4v) is 3.46. The van der Waals surface area contributed by atoms with E-state index >= 15 is 0 Å². The molecule has 1 aromatic carbocycles. The van der Waals surface area contributed by atoms with E-state index in [1.807, 2.05) is 11.0 Å². The Hall–Kier alpha value is -2.37. The van der Waals surface area contributed by atoms with E-state index in [-0.39, 0.29) is 21.1 Å². The molecule has 0 saturated carbocycles. The Morgan fingerprint density at radius 1 is 1.25 bits per heavy atom. The molecule has 2 N–H and O–H groups in total. The molecule has 0 spiro atoms. The lowest BCUT2D eigenvalue weighted by Gasteiger charge is -2.33. The number of carbonyl (C=O) groups is 3. The van der Waals surface area contributed by atoms with Crippen molar-refractivity contribution in [3.8, 4) is 0 Å². The van der Waals surface area contributed by atoms with Crippen LogP contribution in [0.2, 0.25) is 0 Å². The highest BCUT2D eigenvalue weighted by Gasteiger charge is 2.42. The number of likely N-dealkylation sites (tertiary alicyclic amines) is 1. The van der Waals surface area contributed by atoms with E-state index in [1.54, 1.807) is 6.92 Å². The summed E-state index contributed by atoms with van der Waals surface area (Å²) in [5, 5.41) is 4.82. The first-order chi connectivity index (χ1) is 11.5. The molecule has 6 nitrogen and oxygen atoms in total. The van der Waals surface area contributed by atoms with Gasteiger partial charge < -0.3 is 10.2 Å². The maximum atomic E-state index is 12.4. The lowest BCUT2D eigenvalue weighted by atomic mass is 9.89. The first-order valence-corrected chi connectivity index (χ1v) is 8.44. The molecule has 0 aliphatic carbocycles. The molecule has 2 saturated heterocycles. The van der Waals surface area contributed by atoms with Crippen LogP contribution < -0.4 is 10.6 Å². The monoisotopic (exact) mass is 333 g/mol. The van der Waals surface area contributed by atoms with Gasteiger partial charge in [-0.1, -0.05) is 30.3 Å². The molecule has 2 aliphatic heterocycles. The van der Waals surface area contributed by atoms with Crippen molar-refractivity contribution < 1.29 is 17.2 Å². The van der Waals surface area contributed by atoms with Crippen LogP contribution in [0.15, 0.2) is 30.3 Å². The smallest absolute Gasteiger partial charge is 0.322 e. The molecule has 2 fully saturated rings. The van der Waals surface area contributed by atoms with E-state index in [4.69, 9.17) is 0 Å². The summed E-state index contributed by atoms with van der Waals surface area (Å²) in [7, 11) is 0. The molecular weight excluding hydrogens is 306 g/mol. The summed E-state index contributed by atoms with van der Waals surface area (Å²) in [4.78, 5) is 37.3. The van der Waals surface area contributed by atoms with E-state index in [0.29, 0.717) is 12.3 Å². The summed E-state index contributed by atoms with van der Waals surface area (Å²) in [6.07, 6.45) is 2.51. The number of carbonyl (C=O) groups excluding carboxylic acids is 3. The van der Waals surface area contributed by atoms with Crippen molar-refractivity contribution in [2.75, 3.05) is 13.1 Å². The Morgan fingerprint density at radius 2 is 1.92 bits per heavy atom. The van der Waals surface area contributed by atoms with Crippen LogP contribution in [-0.4, -0.2) is 41.4 Å². The van der Waals surface area contributed by atoms with Gasteiger partial charge in [-0.25, -0.2) is 4.79 Å². The van der Waals surface area contributed by atoms with Crippen LogP contribution in [0.25, 0.3) is 0 Å². The molecule has 24 heavy (non-hydrogen) atoms. The topological polar surface area (TPSA) is 78.5 Å². The lowest BCUT2D eigenvalue weighted by Crippen LogP contribution is -2.45. The highest BCUT2D eigenvalue weighted by Crippen LogP contribution is 2.28. The zero-order valence-corrected chi connectivity index (χ0v) is 13.9. The largest absolute Gasteiger partial charge is 0.343 e. The van der Waals surface area contributed by atoms with Crippen molar-refractivity contribution in [2.24, 2.45) is 0 Å². The molecule has 1 unspecified atom stereocenters. The van der Waals surface area contributed by atoms with Crippen LogP contribution in [0.5, 0.6) is 0 Å². The number of piperidine rings is 1. The molecule has 0 radical (unpaired) electrons. The van der Waals surface area contributed by atoms with E-state index in [9.17, 15) is 14.4 Å². The third-order valence-electron chi connectivity index (χ3n) is 5.08. The summed E-state index contributed by atoms with van der Waals surface area (Å²) in [5.41, 5.74) is 0.359. The van der Waals surface area contributed by atoms with Crippen LogP contribution in [-0.2, 0) is 9.59 Å². The number of imide groups is 1. The molecule has 2 aliphatic rings. The van der Waals surface area contributed by atoms with Crippen molar-refractivity contribution in [3.63, 3.8) is 0 Å². The van der Waals surface area contributed by atoms with Crippen molar-refractivity contribution in [1.29, 1.82) is 0 Å². The standard InChI is InChI=1S/C18H23N3O3.2H2/c1-18(16(23)19-17(24)20-18)10-7-15(22)21-11-8-14(9-12-21)13-5-3-2-4-6-13;;/h2-6,14H,7-12H2,1H3,(H2,19,20,23,24);2*1H. The average Bonchev–Trinajstić information content (AvgIpc) is 2.86. The minimum absolute atomic E-state index is 0. The summed E-state index contributed by atoms with van der Waals surface area (Å²) in [6.45, 7) is 3.14. The van der Waals surface area contributed by atoms with E-state index in [1.165, 1.54) is 5.56 Å². The van der Waals surface area contributed by atoms with Crippen molar-refractivity contribution in [2.45, 2.75) is 44.1 Å². The Balaban J connectivity index is 0.00000169. The van der Waals surface area contributed by atoms with Gasteiger partial charge in [-0.2, -0.15) is 0 Å². The molecule has 3 rings (SSSR count). The number of hydrogen-bond acceptors (Lipinski definition) is 3. The fraction of sp³-hybridized carbons (Fsp3) is 0.500. The summed E-state index contributed by atoms with van der Waals surface area (Å²) in [6, 6.07) is 9.91. The minimum atomic E-state index is -0.977. The predicted octanol–water partition coefficient (Wildman–Crippen LogP) is 2.26. The quantitative estimate of drug-likeness (QED) is 0.830. The average molecular weight is 333 g/mol. The van der Waals surface area contributed by atoms with E-state index < -0.39 is 11.6 Å². The number of amides is 4. The molecule has 0 aromatic heterocycles. The molecular formula is C18H27N3O3. The molecule has 1 atom stereocenters. The van der Waals surface area contributed by atoms with Crippen LogP contribution in [0, 0.1) is 0 Å². The second kappa shape index (κ2) is 6.63. The maximum absolute atomic E-state index is 12.4. The van der Waals surface area contributed by atoms with Crippen molar-refractivity contribution in [3.05, 3.63) is 35.9 Å². The Kier molecular flexibility index (Phi) is 4.55. The normalized spacial score (nSPS) is 24.6. The van der Waals surface area contributed by atoms with Gasteiger partial charge in [0.2, 0.25) is 5.91 Å². The first-order valence-electron chi connectivity index (χ1n) is 8.44. The van der Waals surface area contributed by atoms with Crippen molar-refractivity contribution >= 4 is 17.8 Å². The Labute approximate surface area is 144 Å². The molecule has 4 amide bonds. The Morgan fingerprint density at radius 3 is 2.50 bits per heavy atom. The third-order valence-corrected chi connectivity index (χ3v) is 5.08. The Bertz CT molecular complexity index is 648. The molecule has 2 heterocycles. The van der Waals surface area contributed by atoms with Crippen LogP contribution >= 0.6 is 0 Å². The third kappa shape index (κ3) is 3.42. The van der Waals surface area contributed by atoms with Gasteiger partial charge in [-0.05, 0) is 37.7 Å². The van der Waals surface area contributed by atoms with Gasteiger partial charge in [-0.3, -0.25) is 14.9 Å². The SMILES string of the molecule is CC1(CCC(=O)N2CCC(c3ccccc3)CC2)NC(=O)NC1=O.[HH].[HH]. The van der Waals surface area contributed by atoms with Crippen molar-refractivity contribution in [1.82, 2.24) is 15.5 Å². The maximum Gasteiger partial charge on any atom is 0.322 e. The molecule has 0 bridgehead atoms. The van der Waals surface area contributed by atoms with Gasteiger partial charge in [0.1, 0.15) is 5.54 Å². The second-order valence-electron chi connectivity index (χ2n) is 6.81. The van der Waals surface area contributed by atoms with Gasteiger partial charge >= 0.3 is 6.03 Å². The summed E-state index contributed by atoms with van der Waals surface area (Å²) < 4.78 is 0. The minimum Gasteiger partial charge on any atom is -0.343 e. The molecule has 6 heteroatoms. The lowest BCUT2D eigenvalue weighted by molar-refractivity contribution is -0.133. The zero-order chi connectivity index (χ0) is 17.2. The number of nitrogens with one attached hydrogen (secondary N) is 2. The number of benzene rings is 1. The van der Waals surface area contributed by atoms with Gasteiger partial charge in [0, 0.05) is 22.4 Å². The summed E-state index contributed by atoms with van der Waals surface area (Å²) in [5.74, 6) is 0.201. The van der Waals surface area contributed by atoms with Crippen LogP contribution in [0.4, 0.5) is 4.79 Å². The molecule has 132 valence electrons. The summed E-state index contributed by atoms with van der Waals surface area (Å²) >= 11 is 0. The van der Waals surface area contributed by atoms with Gasteiger partial charge in [-0.15, -0.1) is 0 Å².